The molecule has 0 heterocycles. The average Bonchev–Trinajstić information content (AvgIpc) is 3.22. The lowest BCUT2D eigenvalue weighted by Crippen LogP contribution is -2.39. The van der Waals surface area contributed by atoms with E-state index in [1.54, 1.807) is 0 Å². The highest BCUT2D eigenvalue weighted by Gasteiger charge is 2.40. The Morgan fingerprint density at radius 2 is 1.54 bits per heavy atom. The molecule has 0 saturated carbocycles. The predicted molar refractivity (Wildman–Crippen MR) is 227 cm³/mol. The molecule has 0 fully saturated rings. The van der Waals surface area contributed by atoms with Crippen LogP contribution in [0.5, 0.6) is 0 Å². The minimum Gasteiger partial charge on any atom is -0.102 e. The van der Waals surface area contributed by atoms with Crippen LogP contribution in [0.15, 0.2) is 188 Å². The van der Waals surface area contributed by atoms with Gasteiger partial charge >= 0.3 is 0 Å². The van der Waals surface area contributed by atoms with Gasteiger partial charge in [-0.05, 0) is 102 Å². The van der Waals surface area contributed by atoms with Gasteiger partial charge in [-0.3, -0.25) is 0 Å². The van der Waals surface area contributed by atoms with E-state index in [0.717, 1.165) is 19.3 Å². The molecular formula is C51H44Si. The summed E-state index contributed by atoms with van der Waals surface area (Å²) in [6, 6.07) is 31.8. The van der Waals surface area contributed by atoms with Crippen LogP contribution in [0.3, 0.4) is 0 Å². The van der Waals surface area contributed by atoms with Crippen LogP contribution in [0.2, 0.25) is 5.04 Å². The lowest BCUT2D eigenvalue weighted by atomic mass is 9.79. The van der Waals surface area contributed by atoms with Crippen molar-refractivity contribution in [1.82, 2.24) is 0 Å². The molecule has 0 aromatic heterocycles. The SMILES string of the molecule is C=CC(C=C)([Si]C(C)(CC)C1C=CC=CC1)c1ccc2c(C3=CC=CC(C4=C=C=CC=C4)C3)c3ccccc3c(-c3cccc4ccccc34)c2c1. The second kappa shape index (κ2) is 13.9. The Balaban J connectivity index is 1.40. The average molecular weight is 685 g/mol. The van der Waals surface area contributed by atoms with Crippen LogP contribution in [0.4, 0.5) is 0 Å². The van der Waals surface area contributed by atoms with E-state index in [4.69, 9.17) is 0 Å². The molecule has 3 unspecified atom stereocenters. The molecule has 52 heavy (non-hydrogen) atoms. The zero-order valence-electron chi connectivity index (χ0n) is 30.2. The molecule has 5 aromatic rings. The molecule has 8 rings (SSSR count). The van der Waals surface area contributed by atoms with Crippen molar-refractivity contribution in [2.24, 2.45) is 11.8 Å². The van der Waals surface area contributed by atoms with Crippen LogP contribution < -0.4 is 0 Å². The van der Waals surface area contributed by atoms with E-state index in [2.05, 4.69) is 190 Å². The molecule has 0 nitrogen and oxygen atoms in total. The highest BCUT2D eigenvalue weighted by molar-refractivity contribution is 6.46. The van der Waals surface area contributed by atoms with Gasteiger partial charge in [-0.25, -0.2) is 0 Å². The maximum atomic E-state index is 4.51. The van der Waals surface area contributed by atoms with Gasteiger partial charge < -0.3 is 0 Å². The van der Waals surface area contributed by atoms with Crippen molar-refractivity contribution < 1.29 is 0 Å². The van der Waals surface area contributed by atoms with Gasteiger partial charge in [-0.15, -0.1) is 13.2 Å². The number of hydrogen-bond acceptors (Lipinski definition) is 0. The Kier molecular flexibility index (Phi) is 9.04. The normalized spacial score (nSPS) is 19.2. The zero-order valence-corrected chi connectivity index (χ0v) is 31.2. The van der Waals surface area contributed by atoms with E-state index >= 15 is 0 Å². The Bertz CT molecular complexity index is 2500. The van der Waals surface area contributed by atoms with E-state index in [9.17, 15) is 0 Å². The van der Waals surface area contributed by atoms with Gasteiger partial charge in [-0.1, -0.05) is 171 Å². The lowest BCUT2D eigenvalue weighted by Gasteiger charge is -2.42. The molecule has 3 atom stereocenters. The molecule has 5 aromatic carbocycles. The second-order valence-electron chi connectivity index (χ2n) is 14.5. The molecule has 0 amide bonds. The Hall–Kier alpha value is -5.42. The number of fused-ring (bicyclic) bond motifs is 3. The van der Waals surface area contributed by atoms with Crippen molar-refractivity contribution in [3.05, 3.63) is 199 Å². The molecule has 3 aliphatic rings. The molecule has 3 aliphatic carbocycles. The highest BCUT2D eigenvalue weighted by Crippen LogP contribution is 2.50. The van der Waals surface area contributed by atoms with Crippen LogP contribution in [0.25, 0.3) is 49.0 Å². The molecule has 0 aliphatic heterocycles. The van der Waals surface area contributed by atoms with E-state index in [1.807, 2.05) is 6.08 Å². The van der Waals surface area contributed by atoms with Crippen molar-refractivity contribution in [2.75, 3.05) is 0 Å². The first-order valence-corrected chi connectivity index (χ1v) is 19.6. The van der Waals surface area contributed by atoms with Crippen LogP contribution in [0.1, 0.15) is 44.2 Å². The first-order valence-electron chi connectivity index (χ1n) is 18.6. The number of rotatable bonds is 10. The summed E-state index contributed by atoms with van der Waals surface area (Å²) in [6.45, 7) is 13.8. The largest absolute Gasteiger partial charge is 0.102 e. The van der Waals surface area contributed by atoms with Gasteiger partial charge in [0, 0.05) is 16.5 Å². The molecule has 0 bridgehead atoms. The summed E-state index contributed by atoms with van der Waals surface area (Å²) in [4.78, 5) is 0. The molecular weight excluding hydrogens is 641 g/mol. The summed E-state index contributed by atoms with van der Waals surface area (Å²) < 4.78 is 0. The molecule has 2 radical (unpaired) electrons. The van der Waals surface area contributed by atoms with Crippen molar-refractivity contribution in [2.45, 2.75) is 43.2 Å². The topological polar surface area (TPSA) is 0 Å². The van der Waals surface area contributed by atoms with Gasteiger partial charge in [0.25, 0.3) is 0 Å². The number of hydrogen-bond donors (Lipinski definition) is 0. The summed E-state index contributed by atoms with van der Waals surface area (Å²) in [6.07, 6.45) is 29.6. The smallest absolute Gasteiger partial charge is 0.0702 e. The fourth-order valence-electron chi connectivity index (χ4n) is 8.64. The summed E-state index contributed by atoms with van der Waals surface area (Å²) >= 11 is 0. The monoisotopic (exact) mass is 684 g/mol. The lowest BCUT2D eigenvalue weighted by molar-refractivity contribution is 0.428. The highest BCUT2D eigenvalue weighted by atomic mass is 28.2. The second-order valence-corrected chi connectivity index (χ2v) is 16.8. The maximum Gasteiger partial charge on any atom is 0.0702 e. The van der Waals surface area contributed by atoms with E-state index in [-0.39, 0.29) is 16.0 Å². The maximum absolute atomic E-state index is 4.51. The molecule has 0 spiro atoms. The van der Waals surface area contributed by atoms with Gasteiger partial charge in [-0.2, -0.15) is 0 Å². The Morgan fingerprint density at radius 1 is 0.788 bits per heavy atom. The first-order chi connectivity index (χ1) is 25.5. The number of benzene rings is 5. The van der Waals surface area contributed by atoms with Gasteiger partial charge in [0.05, 0.1) is 9.52 Å². The van der Waals surface area contributed by atoms with Crippen molar-refractivity contribution in [3.8, 4) is 11.1 Å². The molecule has 1 heteroatoms. The summed E-state index contributed by atoms with van der Waals surface area (Å²) in [5.41, 5.74) is 14.2. The van der Waals surface area contributed by atoms with Gasteiger partial charge in [0.2, 0.25) is 0 Å². The third kappa shape index (κ3) is 5.82. The fourth-order valence-corrected chi connectivity index (χ4v) is 10.7. The Labute approximate surface area is 311 Å². The standard InChI is InChI=1S/C51H44Si/c1-5-50(4,40-26-12-9-13-27-40)52-51(6-2,7-3)41-32-33-46-47(35-41)49(43-31-19-23-37-22-14-15-28-42(37)43)45-30-17-16-29-44(45)48(46)39-25-18-24-38(34-39)36-20-10-8-11-21-36/h6-10,12-20,22-26,28-33,35,38,40H,2-3,5,27,34H2,1,4H3. The van der Waals surface area contributed by atoms with Gasteiger partial charge in [0.1, 0.15) is 0 Å². The predicted octanol–water partition coefficient (Wildman–Crippen LogP) is 13.6. The molecule has 0 N–H and O–H groups in total. The van der Waals surface area contributed by atoms with Crippen LogP contribution in [-0.4, -0.2) is 9.52 Å². The summed E-state index contributed by atoms with van der Waals surface area (Å²) in [5, 5.41) is 7.32. The van der Waals surface area contributed by atoms with Gasteiger partial charge in [0.15, 0.2) is 0 Å². The van der Waals surface area contributed by atoms with E-state index in [1.165, 1.54) is 65.7 Å². The third-order valence-electron chi connectivity index (χ3n) is 11.7. The summed E-state index contributed by atoms with van der Waals surface area (Å²) in [7, 11) is 0.580. The minimum atomic E-state index is -0.382. The van der Waals surface area contributed by atoms with E-state index < -0.39 is 0 Å². The molecule has 0 saturated heterocycles. The Morgan fingerprint density at radius 3 is 2.27 bits per heavy atom. The first kappa shape index (κ1) is 33.7. The zero-order chi connectivity index (χ0) is 35.7. The number of allylic oxidation sites excluding steroid dienone is 14. The van der Waals surface area contributed by atoms with Crippen LogP contribution >= 0.6 is 0 Å². The molecule has 252 valence electrons. The van der Waals surface area contributed by atoms with Crippen molar-refractivity contribution >= 4 is 47.4 Å². The fraction of sp³-hybridized carbons (Fsp3) is 0.176. The van der Waals surface area contributed by atoms with Crippen molar-refractivity contribution in [3.63, 3.8) is 0 Å². The van der Waals surface area contributed by atoms with Crippen LogP contribution in [-0.2, 0) is 5.04 Å². The quantitative estimate of drug-likeness (QED) is 0.0594. The third-order valence-corrected chi connectivity index (χ3v) is 14.1. The minimum absolute atomic E-state index is 0.0890. The summed E-state index contributed by atoms with van der Waals surface area (Å²) in [5.74, 6) is 0.718. The van der Waals surface area contributed by atoms with Crippen LogP contribution in [0, 0.1) is 11.8 Å². The van der Waals surface area contributed by atoms with Crippen molar-refractivity contribution in [1.29, 1.82) is 0 Å². The van der Waals surface area contributed by atoms with E-state index in [0.29, 0.717) is 15.4 Å².